The summed E-state index contributed by atoms with van der Waals surface area (Å²) in [6, 6.07) is 2.19. The average Bonchev–Trinajstić information content (AvgIpc) is 2.48. The van der Waals surface area contributed by atoms with E-state index in [-0.39, 0.29) is 6.09 Å². The molecule has 0 aliphatic carbocycles. The van der Waals surface area contributed by atoms with Crippen LogP contribution in [0.1, 0.15) is 40.5 Å². The molecule has 1 fully saturated rings. The number of amides is 1. The summed E-state index contributed by atoms with van der Waals surface area (Å²) in [4.78, 5) is 24.8. The second-order valence-electron chi connectivity index (χ2n) is 6.53. The van der Waals surface area contributed by atoms with Gasteiger partial charge in [0.1, 0.15) is 5.60 Å². The van der Waals surface area contributed by atoms with Crippen LogP contribution in [0.5, 0.6) is 0 Å². The molecule has 22 heavy (non-hydrogen) atoms. The third-order valence-electron chi connectivity index (χ3n) is 3.71. The van der Waals surface area contributed by atoms with E-state index in [0.29, 0.717) is 19.1 Å². The molecule has 2 rings (SSSR count). The Hall–Kier alpha value is -1.85. The van der Waals surface area contributed by atoms with Crippen LogP contribution in [0.25, 0.3) is 0 Å². The first-order valence-electron chi connectivity index (χ1n) is 7.92. The van der Waals surface area contributed by atoms with Gasteiger partial charge in [-0.1, -0.05) is 0 Å². The fourth-order valence-corrected chi connectivity index (χ4v) is 2.69. The summed E-state index contributed by atoms with van der Waals surface area (Å²) in [5.41, 5.74) is -0.443. The highest BCUT2D eigenvalue weighted by Crippen LogP contribution is 2.21. The maximum Gasteiger partial charge on any atom is 0.410 e. The number of ether oxygens (including phenoxy) is 1. The molecule has 2 heterocycles. The maximum absolute atomic E-state index is 12.1. The van der Waals surface area contributed by atoms with E-state index in [4.69, 9.17) is 4.74 Å². The minimum absolute atomic E-state index is 0.218. The molecule has 6 heteroatoms. The first-order valence-corrected chi connectivity index (χ1v) is 7.92. The van der Waals surface area contributed by atoms with Crippen LogP contribution in [0.4, 0.5) is 10.7 Å². The Morgan fingerprint density at radius 2 is 1.91 bits per heavy atom. The fraction of sp³-hybridized carbons (Fsp3) is 0.688. The smallest absolute Gasteiger partial charge is 0.410 e. The van der Waals surface area contributed by atoms with Crippen molar-refractivity contribution in [1.82, 2.24) is 14.9 Å². The van der Waals surface area contributed by atoms with Gasteiger partial charge >= 0.3 is 6.09 Å². The Morgan fingerprint density at radius 1 is 1.32 bits per heavy atom. The number of anilines is 1. The highest BCUT2D eigenvalue weighted by molar-refractivity contribution is 5.68. The molecule has 1 aromatic rings. The zero-order valence-electron chi connectivity index (χ0n) is 14.0. The number of carbonyl (C=O) groups is 1. The van der Waals surface area contributed by atoms with Crippen molar-refractivity contribution in [3.05, 3.63) is 18.5 Å². The number of hydrogen-bond donors (Lipinski definition) is 0. The van der Waals surface area contributed by atoms with Crippen molar-refractivity contribution in [2.45, 2.75) is 52.2 Å². The number of nitrogens with zero attached hydrogens (tertiary/aromatic N) is 4. The lowest BCUT2D eigenvalue weighted by Gasteiger charge is -2.38. The van der Waals surface area contributed by atoms with Crippen LogP contribution in [0.15, 0.2) is 18.5 Å². The van der Waals surface area contributed by atoms with Gasteiger partial charge in [-0.05, 0) is 46.6 Å². The van der Waals surface area contributed by atoms with Gasteiger partial charge in [-0.3, -0.25) is 0 Å². The van der Waals surface area contributed by atoms with Gasteiger partial charge in [0.15, 0.2) is 0 Å². The summed E-state index contributed by atoms with van der Waals surface area (Å²) >= 11 is 0. The maximum atomic E-state index is 12.1. The fourth-order valence-electron chi connectivity index (χ4n) is 2.69. The lowest BCUT2D eigenvalue weighted by Crippen LogP contribution is -2.48. The van der Waals surface area contributed by atoms with Crippen molar-refractivity contribution in [3.63, 3.8) is 0 Å². The third-order valence-corrected chi connectivity index (χ3v) is 3.71. The molecule has 0 N–H and O–H groups in total. The SMILES string of the molecule is CCN(c1ncccn1)C1CCN(C(=O)OC(C)(C)C)CC1. The van der Waals surface area contributed by atoms with E-state index in [0.717, 1.165) is 25.3 Å². The standard InChI is InChI=1S/C16H26N4O2/c1-5-20(14-17-9-6-10-18-14)13-7-11-19(12-8-13)15(21)22-16(2,3)4/h6,9-10,13H,5,7-8,11-12H2,1-4H3. The summed E-state index contributed by atoms with van der Waals surface area (Å²) in [5.74, 6) is 0.765. The third kappa shape index (κ3) is 4.32. The topological polar surface area (TPSA) is 58.6 Å². The van der Waals surface area contributed by atoms with Gasteiger partial charge < -0.3 is 14.5 Å². The van der Waals surface area contributed by atoms with E-state index < -0.39 is 5.60 Å². The molecular formula is C16H26N4O2. The lowest BCUT2D eigenvalue weighted by atomic mass is 10.0. The van der Waals surface area contributed by atoms with Crippen molar-refractivity contribution in [2.24, 2.45) is 0 Å². The molecule has 0 atom stereocenters. The van der Waals surface area contributed by atoms with E-state index in [1.54, 1.807) is 17.3 Å². The molecule has 0 aromatic carbocycles. The van der Waals surface area contributed by atoms with Crippen molar-refractivity contribution in [3.8, 4) is 0 Å². The van der Waals surface area contributed by atoms with E-state index in [9.17, 15) is 4.79 Å². The normalized spacial score (nSPS) is 16.5. The van der Waals surface area contributed by atoms with E-state index >= 15 is 0 Å². The Morgan fingerprint density at radius 3 is 2.41 bits per heavy atom. The molecular weight excluding hydrogens is 280 g/mol. The zero-order valence-corrected chi connectivity index (χ0v) is 14.0. The van der Waals surface area contributed by atoms with Gasteiger partial charge in [0.2, 0.25) is 5.95 Å². The quantitative estimate of drug-likeness (QED) is 0.859. The summed E-state index contributed by atoms with van der Waals surface area (Å²) in [6.45, 7) is 10.1. The molecule has 0 bridgehead atoms. The van der Waals surface area contributed by atoms with E-state index in [1.165, 1.54) is 0 Å². The minimum atomic E-state index is -0.443. The Labute approximate surface area is 132 Å². The highest BCUT2D eigenvalue weighted by atomic mass is 16.6. The van der Waals surface area contributed by atoms with Crippen LogP contribution in [0.2, 0.25) is 0 Å². The van der Waals surface area contributed by atoms with Crippen molar-refractivity contribution in [2.75, 3.05) is 24.5 Å². The van der Waals surface area contributed by atoms with Gasteiger partial charge in [-0.25, -0.2) is 14.8 Å². The zero-order chi connectivity index (χ0) is 16.2. The first-order chi connectivity index (χ1) is 10.4. The van der Waals surface area contributed by atoms with E-state index in [1.807, 2.05) is 26.8 Å². The molecule has 1 aliphatic heterocycles. The molecule has 0 spiro atoms. The highest BCUT2D eigenvalue weighted by Gasteiger charge is 2.29. The number of aromatic nitrogens is 2. The van der Waals surface area contributed by atoms with E-state index in [2.05, 4.69) is 21.8 Å². The largest absolute Gasteiger partial charge is 0.444 e. The molecule has 0 radical (unpaired) electrons. The second-order valence-corrected chi connectivity index (χ2v) is 6.53. The van der Waals surface area contributed by atoms with Gasteiger partial charge in [0.05, 0.1) is 0 Å². The Balaban J connectivity index is 1.92. The van der Waals surface area contributed by atoms with Crippen LogP contribution >= 0.6 is 0 Å². The second kappa shape index (κ2) is 6.94. The number of piperidine rings is 1. The monoisotopic (exact) mass is 306 g/mol. The number of likely N-dealkylation sites (tertiary alicyclic amines) is 1. The van der Waals surface area contributed by atoms with Crippen LogP contribution in [-0.4, -0.2) is 52.2 Å². The molecule has 1 aliphatic rings. The number of hydrogen-bond acceptors (Lipinski definition) is 5. The predicted octanol–water partition coefficient (Wildman–Crippen LogP) is 2.70. The Bertz CT molecular complexity index is 479. The first kappa shape index (κ1) is 16.5. The predicted molar refractivity (Wildman–Crippen MR) is 85.9 cm³/mol. The van der Waals surface area contributed by atoms with Crippen molar-refractivity contribution in [1.29, 1.82) is 0 Å². The molecule has 0 saturated carbocycles. The van der Waals surface area contributed by atoms with Gasteiger partial charge in [-0.15, -0.1) is 0 Å². The molecule has 6 nitrogen and oxygen atoms in total. The number of carbonyl (C=O) groups excluding carboxylic acids is 1. The van der Waals surface area contributed by atoms with Crippen LogP contribution in [0.3, 0.4) is 0 Å². The molecule has 1 amide bonds. The van der Waals surface area contributed by atoms with Crippen LogP contribution in [-0.2, 0) is 4.74 Å². The minimum Gasteiger partial charge on any atom is -0.444 e. The van der Waals surface area contributed by atoms with Crippen molar-refractivity contribution >= 4 is 12.0 Å². The van der Waals surface area contributed by atoms with Gasteiger partial charge in [0.25, 0.3) is 0 Å². The molecule has 0 unspecified atom stereocenters. The van der Waals surface area contributed by atoms with Crippen LogP contribution < -0.4 is 4.90 Å². The molecule has 122 valence electrons. The van der Waals surface area contributed by atoms with Crippen LogP contribution in [0, 0.1) is 0 Å². The molecule has 1 aromatic heterocycles. The number of rotatable bonds is 3. The summed E-state index contributed by atoms with van der Waals surface area (Å²) in [6.07, 6.45) is 5.13. The van der Waals surface area contributed by atoms with Gasteiger partial charge in [0, 0.05) is 38.1 Å². The summed E-state index contributed by atoms with van der Waals surface area (Å²) in [5, 5.41) is 0. The Kier molecular flexibility index (Phi) is 5.21. The summed E-state index contributed by atoms with van der Waals surface area (Å²) < 4.78 is 5.43. The summed E-state index contributed by atoms with van der Waals surface area (Å²) in [7, 11) is 0. The average molecular weight is 306 g/mol. The molecule has 1 saturated heterocycles. The van der Waals surface area contributed by atoms with Crippen molar-refractivity contribution < 1.29 is 9.53 Å². The lowest BCUT2D eigenvalue weighted by molar-refractivity contribution is 0.0204. The van der Waals surface area contributed by atoms with Gasteiger partial charge in [-0.2, -0.15) is 0 Å².